The van der Waals surface area contributed by atoms with Gasteiger partial charge in [0.05, 0.1) is 0 Å². The lowest BCUT2D eigenvalue weighted by Gasteiger charge is -2.20. The highest BCUT2D eigenvalue weighted by Gasteiger charge is 2.12. The topological polar surface area (TPSA) is 24.9 Å². The molecule has 1 N–H and O–H groups in total. The number of pyridine rings is 1. The summed E-state index contributed by atoms with van der Waals surface area (Å²) in [5, 5.41) is 3.57. The first-order valence-electron chi connectivity index (χ1n) is 6.91. The van der Waals surface area contributed by atoms with E-state index in [2.05, 4.69) is 60.5 Å². The normalized spacial score (nSPS) is 12.4. The first-order chi connectivity index (χ1) is 9.20. The van der Waals surface area contributed by atoms with Crippen LogP contribution >= 0.6 is 0 Å². The van der Waals surface area contributed by atoms with E-state index < -0.39 is 0 Å². The van der Waals surface area contributed by atoms with Crippen molar-refractivity contribution in [1.82, 2.24) is 10.3 Å². The van der Waals surface area contributed by atoms with Crippen molar-refractivity contribution in [2.75, 3.05) is 6.54 Å². The molecule has 1 aromatic carbocycles. The number of aromatic nitrogens is 1. The van der Waals surface area contributed by atoms with Gasteiger partial charge in [0.2, 0.25) is 0 Å². The van der Waals surface area contributed by atoms with Crippen LogP contribution in [-0.4, -0.2) is 11.5 Å². The van der Waals surface area contributed by atoms with Crippen LogP contribution in [0.2, 0.25) is 0 Å². The average Bonchev–Trinajstić information content (AvgIpc) is 2.40. The van der Waals surface area contributed by atoms with Crippen molar-refractivity contribution in [2.45, 2.75) is 33.2 Å². The van der Waals surface area contributed by atoms with E-state index in [0.717, 1.165) is 18.7 Å². The zero-order valence-electron chi connectivity index (χ0n) is 12.0. The molecule has 0 fully saturated rings. The summed E-state index contributed by atoms with van der Waals surface area (Å²) < 4.78 is 0. The standard InChI is InChI=1S/C17H22N2/c1-4-18-17(16-9-10-19-14(3)11-16)12-15-8-6-5-7-13(15)2/h5-11,17-18H,4,12H2,1-3H3. The number of benzene rings is 1. The van der Waals surface area contributed by atoms with Crippen molar-refractivity contribution < 1.29 is 0 Å². The van der Waals surface area contributed by atoms with Crippen LogP contribution in [0.3, 0.4) is 0 Å². The molecule has 0 amide bonds. The predicted octanol–water partition coefficient (Wildman–Crippen LogP) is 3.59. The quantitative estimate of drug-likeness (QED) is 0.882. The first-order valence-corrected chi connectivity index (χ1v) is 6.91. The van der Waals surface area contributed by atoms with Crippen LogP contribution in [0.25, 0.3) is 0 Å². The largest absolute Gasteiger partial charge is 0.310 e. The Labute approximate surface area is 115 Å². The Morgan fingerprint density at radius 3 is 2.63 bits per heavy atom. The van der Waals surface area contributed by atoms with Gasteiger partial charge in [-0.15, -0.1) is 0 Å². The number of nitrogens with one attached hydrogen (secondary N) is 1. The fraction of sp³-hybridized carbons (Fsp3) is 0.353. The van der Waals surface area contributed by atoms with Gasteiger partial charge in [-0.1, -0.05) is 31.2 Å². The van der Waals surface area contributed by atoms with Crippen LogP contribution in [0.4, 0.5) is 0 Å². The molecule has 19 heavy (non-hydrogen) atoms. The van der Waals surface area contributed by atoms with Gasteiger partial charge in [-0.2, -0.15) is 0 Å². The molecule has 0 saturated carbocycles. The molecule has 1 atom stereocenters. The summed E-state index contributed by atoms with van der Waals surface area (Å²) in [6.45, 7) is 7.34. The third kappa shape index (κ3) is 3.65. The molecule has 100 valence electrons. The van der Waals surface area contributed by atoms with Crippen LogP contribution in [-0.2, 0) is 6.42 Å². The lowest BCUT2D eigenvalue weighted by Crippen LogP contribution is -2.23. The zero-order valence-corrected chi connectivity index (χ0v) is 12.0. The number of hydrogen-bond donors (Lipinski definition) is 1. The van der Waals surface area contributed by atoms with Crippen LogP contribution in [0.1, 0.15) is 35.3 Å². The number of hydrogen-bond acceptors (Lipinski definition) is 2. The van der Waals surface area contributed by atoms with E-state index in [0.29, 0.717) is 6.04 Å². The summed E-state index contributed by atoms with van der Waals surface area (Å²) in [6.07, 6.45) is 2.91. The number of nitrogens with zero attached hydrogens (tertiary/aromatic N) is 1. The summed E-state index contributed by atoms with van der Waals surface area (Å²) in [5.74, 6) is 0. The lowest BCUT2D eigenvalue weighted by atomic mass is 9.96. The molecule has 2 rings (SSSR count). The maximum Gasteiger partial charge on any atom is 0.0375 e. The maximum absolute atomic E-state index is 4.28. The van der Waals surface area contributed by atoms with Crippen LogP contribution < -0.4 is 5.32 Å². The second-order valence-electron chi connectivity index (χ2n) is 4.97. The van der Waals surface area contributed by atoms with Gasteiger partial charge in [-0.05, 0) is 55.6 Å². The Kier molecular flexibility index (Phi) is 4.69. The van der Waals surface area contributed by atoms with Crippen molar-refractivity contribution in [3.63, 3.8) is 0 Å². The summed E-state index contributed by atoms with van der Waals surface area (Å²) in [7, 11) is 0. The number of aryl methyl sites for hydroxylation is 2. The molecule has 0 radical (unpaired) electrons. The Morgan fingerprint density at radius 2 is 1.95 bits per heavy atom. The van der Waals surface area contributed by atoms with Crippen molar-refractivity contribution in [3.8, 4) is 0 Å². The zero-order chi connectivity index (χ0) is 13.7. The van der Waals surface area contributed by atoms with E-state index >= 15 is 0 Å². The van der Waals surface area contributed by atoms with Gasteiger partial charge >= 0.3 is 0 Å². The molecule has 1 unspecified atom stereocenters. The molecule has 0 aliphatic rings. The minimum absolute atomic E-state index is 0.354. The molecule has 2 nitrogen and oxygen atoms in total. The van der Waals surface area contributed by atoms with E-state index in [1.165, 1.54) is 16.7 Å². The van der Waals surface area contributed by atoms with Gasteiger partial charge in [-0.3, -0.25) is 4.98 Å². The highest BCUT2D eigenvalue weighted by atomic mass is 14.9. The number of likely N-dealkylation sites (N-methyl/N-ethyl adjacent to an activating group) is 1. The fourth-order valence-electron chi connectivity index (χ4n) is 2.40. The van der Waals surface area contributed by atoms with E-state index in [1.807, 2.05) is 13.1 Å². The summed E-state index contributed by atoms with van der Waals surface area (Å²) in [5.41, 5.74) is 5.15. The van der Waals surface area contributed by atoms with Crippen molar-refractivity contribution in [3.05, 3.63) is 65.0 Å². The smallest absolute Gasteiger partial charge is 0.0375 e. The Balaban J connectivity index is 2.24. The molecule has 0 spiro atoms. The van der Waals surface area contributed by atoms with E-state index in [4.69, 9.17) is 0 Å². The molecular weight excluding hydrogens is 232 g/mol. The SMILES string of the molecule is CCNC(Cc1ccccc1C)c1ccnc(C)c1. The second kappa shape index (κ2) is 6.48. The van der Waals surface area contributed by atoms with Crippen molar-refractivity contribution in [1.29, 1.82) is 0 Å². The molecule has 0 saturated heterocycles. The molecule has 0 aliphatic carbocycles. The average molecular weight is 254 g/mol. The Bertz CT molecular complexity index is 534. The van der Waals surface area contributed by atoms with Gasteiger partial charge in [0.15, 0.2) is 0 Å². The predicted molar refractivity (Wildman–Crippen MR) is 80.3 cm³/mol. The highest BCUT2D eigenvalue weighted by Crippen LogP contribution is 2.20. The molecule has 2 aromatic rings. The first kappa shape index (κ1) is 13.8. The summed E-state index contributed by atoms with van der Waals surface area (Å²) in [6, 6.07) is 13.2. The highest BCUT2D eigenvalue weighted by molar-refractivity contribution is 5.29. The second-order valence-corrected chi connectivity index (χ2v) is 4.97. The van der Waals surface area contributed by atoms with Crippen molar-refractivity contribution in [2.24, 2.45) is 0 Å². The van der Waals surface area contributed by atoms with E-state index in [1.54, 1.807) is 0 Å². The van der Waals surface area contributed by atoms with Gasteiger partial charge in [0, 0.05) is 17.9 Å². The summed E-state index contributed by atoms with van der Waals surface area (Å²) in [4.78, 5) is 4.28. The number of rotatable bonds is 5. The van der Waals surface area contributed by atoms with Gasteiger partial charge in [0.25, 0.3) is 0 Å². The van der Waals surface area contributed by atoms with Crippen LogP contribution in [0.15, 0.2) is 42.6 Å². The minimum atomic E-state index is 0.354. The Hall–Kier alpha value is -1.67. The third-order valence-corrected chi connectivity index (χ3v) is 3.46. The summed E-state index contributed by atoms with van der Waals surface area (Å²) >= 11 is 0. The Morgan fingerprint density at radius 1 is 1.16 bits per heavy atom. The molecule has 0 bridgehead atoms. The lowest BCUT2D eigenvalue weighted by molar-refractivity contribution is 0.548. The molecule has 1 heterocycles. The molecule has 1 aromatic heterocycles. The molecular formula is C17H22N2. The molecule has 2 heteroatoms. The molecule has 0 aliphatic heterocycles. The third-order valence-electron chi connectivity index (χ3n) is 3.46. The van der Waals surface area contributed by atoms with E-state index in [9.17, 15) is 0 Å². The van der Waals surface area contributed by atoms with Gasteiger partial charge in [0.1, 0.15) is 0 Å². The minimum Gasteiger partial charge on any atom is -0.310 e. The maximum atomic E-state index is 4.28. The van der Waals surface area contributed by atoms with Crippen LogP contribution in [0, 0.1) is 13.8 Å². The van der Waals surface area contributed by atoms with Gasteiger partial charge < -0.3 is 5.32 Å². The fourth-order valence-corrected chi connectivity index (χ4v) is 2.40. The van der Waals surface area contributed by atoms with Gasteiger partial charge in [-0.25, -0.2) is 0 Å². The monoisotopic (exact) mass is 254 g/mol. The van der Waals surface area contributed by atoms with Crippen LogP contribution in [0.5, 0.6) is 0 Å². The van der Waals surface area contributed by atoms with E-state index in [-0.39, 0.29) is 0 Å². The van der Waals surface area contributed by atoms with Crippen molar-refractivity contribution >= 4 is 0 Å².